The molecule has 1 aliphatic carbocycles. The Labute approximate surface area is 222 Å². The van der Waals surface area contributed by atoms with Crippen LogP contribution in [0.15, 0.2) is 72.1 Å². The molecule has 0 spiro atoms. The third-order valence-corrected chi connectivity index (χ3v) is 7.11. The van der Waals surface area contributed by atoms with Crippen LogP contribution < -0.4 is 15.4 Å². The number of aliphatic hydroxyl groups excluding tert-OH is 2. The first-order valence-corrected chi connectivity index (χ1v) is 12.9. The lowest BCUT2D eigenvalue weighted by molar-refractivity contribution is 0.0536. The third-order valence-electron chi connectivity index (χ3n) is 6.24. The SMILES string of the molecule is O=C(Nc1cc(Nc2ccc3c(c2)CCc2ccc(OC[C@H](O)CO)cc2C3=O)ccc1F)c1cccs1. The average Bonchev–Trinajstić information content (AvgIpc) is 3.43. The van der Waals surface area contributed by atoms with Crippen LogP contribution in [0.1, 0.15) is 36.7 Å². The minimum atomic E-state index is -0.995. The molecule has 4 N–H and O–H groups in total. The van der Waals surface area contributed by atoms with Crippen LogP contribution in [0.2, 0.25) is 0 Å². The number of hydrogen-bond donors (Lipinski definition) is 4. The maximum Gasteiger partial charge on any atom is 0.265 e. The Morgan fingerprint density at radius 2 is 1.79 bits per heavy atom. The van der Waals surface area contributed by atoms with Gasteiger partial charge in [0, 0.05) is 22.5 Å². The first kappa shape index (κ1) is 25.6. The molecule has 0 aliphatic heterocycles. The number of aryl methyl sites for hydroxylation is 2. The lowest BCUT2D eigenvalue weighted by atomic mass is 9.98. The third kappa shape index (κ3) is 5.60. The summed E-state index contributed by atoms with van der Waals surface area (Å²) in [5.74, 6) is -0.588. The topological polar surface area (TPSA) is 108 Å². The molecular formula is C29H25FN2O5S. The molecule has 4 aromatic rings. The van der Waals surface area contributed by atoms with Gasteiger partial charge < -0.3 is 25.6 Å². The summed E-state index contributed by atoms with van der Waals surface area (Å²) < 4.78 is 19.9. The largest absolute Gasteiger partial charge is 0.491 e. The molecule has 3 aromatic carbocycles. The van der Waals surface area contributed by atoms with Crippen LogP contribution in [0.25, 0.3) is 0 Å². The first-order chi connectivity index (χ1) is 18.4. The van der Waals surface area contributed by atoms with Crippen LogP contribution in [-0.4, -0.2) is 41.2 Å². The standard InChI is InChI=1S/C29H25FN2O5S/c30-25-10-7-20(13-26(25)32-29(36)27-2-1-11-38-27)31-19-6-9-23-18(12-19)4-3-17-5-8-22(14-24(17)28(23)35)37-16-21(34)15-33/h1-2,5-14,21,31,33-34H,3-4,15-16H2,(H,32,36)/t21-/m1/s1. The lowest BCUT2D eigenvalue weighted by Crippen LogP contribution is -2.21. The van der Waals surface area contributed by atoms with E-state index in [1.165, 1.54) is 23.5 Å². The van der Waals surface area contributed by atoms with Gasteiger partial charge in [0.2, 0.25) is 0 Å². The van der Waals surface area contributed by atoms with E-state index in [0.717, 1.165) is 16.8 Å². The van der Waals surface area contributed by atoms with Gasteiger partial charge in [0.1, 0.15) is 24.3 Å². The average molecular weight is 533 g/mol. The predicted molar refractivity (Wildman–Crippen MR) is 144 cm³/mol. The van der Waals surface area contributed by atoms with Crippen molar-refractivity contribution in [3.05, 3.63) is 105 Å². The summed E-state index contributed by atoms with van der Waals surface area (Å²) in [5.41, 5.74) is 4.30. The Hall–Kier alpha value is -4.05. The van der Waals surface area contributed by atoms with E-state index in [-0.39, 0.29) is 24.0 Å². The number of halogens is 1. The molecule has 1 aliphatic rings. The lowest BCUT2D eigenvalue weighted by Gasteiger charge is -2.13. The number of ketones is 1. The van der Waals surface area contributed by atoms with Crippen molar-refractivity contribution < 1.29 is 28.9 Å². The van der Waals surface area contributed by atoms with Crippen molar-refractivity contribution in [1.29, 1.82) is 0 Å². The van der Waals surface area contributed by atoms with Crippen molar-refractivity contribution in [3.8, 4) is 5.75 Å². The molecule has 0 bridgehead atoms. The summed E-state index contributed by atoms with van der Waals surface area (Å²) in [6.45, 7) is -0.478. The van der Waals surface area contributed by atoms with Crippen molar-refractivity contribution in [2.45, 2.75) is 18.9 Å². The zero-order valence-electron chi connectivity index (χ0n) is 20.2. The highest BCUT2D eigenvalue weighted by molar-refractivity contribution is 7.12. The van der Waals surface area contributed by atoms with Crippen LogP contribution in [0, 0.1) is 5.82 Å². The van der Waals surface area contributed by atoms with Crippen LogP contribution in [0.3, 0.4) is 0 Å². The number of carbonyl (C=O) groups excluding carboxylic acids is 2. The van der Waals surface area contributed by atoms with Gasteiger partial charge in [-0.05, 0) is 83.9 Å². The normalized spacial score (nSPS) is 13.2. The van der Waals surface area contributed by atoms with Gasteiger partial charge in [-0.25, -0.2) is 4.39 Å². The molecule has 0 saturated heterocycles. The molecule has 9 heteroatoms. The van der Waals surface area contributed by atoms with Gasteiger partial charge in [-0.15, -0.1) is 11.3 Å². The van der Waals surface area contributed by atoms with Gasteiger partial charge in [0.15, 0.2) is 5.78 Å². The molecule has 38 heavy (non-hydrogen) atoms. The number of carbonyl (C=O) groups is 2. The number of amides is 1. The molecule has 1 atom stereocenters. The van der Waals surface area contributed by atoms with Crippen LogP contribution >= 0.6 is 11.3 Å². The number of rotatable bonds is 8. The number of fused-ring (bicyclic) bond motifs is 2. The zero-order valence-corrected chi connectivity index (χ0v) is 21.1. The second kappa shape index (κ2) is 11.1. The fraction of sp³-hybridized carbons (Fsp3) is 0.172. The van der Waals surface area contributed by atoms with Crippen LogP contribution in [0.5, 0.6) is 5.75 Å². The molecule has 194 valence electrons. The number of aliphatic hydroxyl groups is 2. The van der Waals surface area contributed by atoms with Gasteiger partial charge in [0.05, 0.1) is 17.2 Å². The number of anilines is 3. The van der Waals surface area contributed by atoms with E-state index in [1.54, 1.807) is 47.8 Å². The van der Waals surface area contributed by atoms with Crippen LogP contribution in [0.4, 0.5) is 21.5 Å². The molecule has 0 saturated carbocycles. The molecule has 0 radical (unpaired) electrons. The minimum Gasteiger partial charge on any atom is -0.491 e. The van der Waals surface area contributed by atoms with Gasteiger partial charge >= 0.3 is 0 Å². The Bertz CT molecular complexity index is 1490. The summed E-state index contributed by atoms with van der Waals surface area (Å²) in [6, 6.07) is 18.6. The van der Waals surface area contributed by atoms with Crippen molar-refractivity contribution in [2.75, 3.05) is 23.8 Å². The van der Waals surface area contributed by atoms with Gasteiger partial charge in [-0.3, -0.25) is 9.59 Å². The summed E-state index contributed by atoms with van der Waals surface area (Å²) >= 11 is 1.27. The Kier molecular flexibility index (Phi) is 7.50. The van der Waals surface area contributed by atoms with Gasteiger partial charge in [0.25, 0.3) is 5.91 Å². The number of ether oxygens (including phenoxy) is 1. The van der Waals surface area contributed by atoms with Crippen molar-refractivity contribution in [1.82, 2.24) is 0 Å². The molecule has 5 rings (SSSR count). The minimum absolute atomic E-state index is 0.0679. The number of nitrogens with one attached hydrogen (secondary N) is 2. The quantitative estimate of drug-likeness (QED) is 0.256. The second-order valence-electron chi connectivity index (χ2n) is 8.92. The molecule has 1 heterocycles. The number of benzene rings is 3. The Balaban J connectivity index is 1.34. The maximum atomic E-state index is 14.4. The molecule has 0 fully saturated rings. The number of thiophene rings is 1. The molecule has 7 nitrogen and oxygen atoms in total. The highest BCUT2D eigenvalue weighted by Crippen LogP contribution is 2.31. The molecule has 1 aromatic heterocycles. The van der Waals surface area contributed by atoms with E-state index in [4.69, 9.17) is 9.84 Å². The van der Waals surface area contributed by atoms with E-state index in [9.17, 15) is 19.1 Å². The summed E-state index contributed by atoms with van der Waals surface area (Å²) in [4.78, 5) is 26.2. The van der Waals surface area contributed by atoms with E-state index in [0.29, 0.717) is 40.3 Å². The zero-order chi connectivity index (χ0) is 26.6. The van der Waals surface area contributed by atoms with Gasteiger partial charge in [-0.2, -0.15) is 0 Å². The summed E-state index contributed by atoms with van der Waals surface area (Å²) in [5, 5.41) is 26.1. The van der Waals surface area contributed by atoms with Crippen molar-refractivity contribution in [2.24, 2.45) is 0 Å². The van der Waals surface area contributed by atoms with Crippen molar-refractivity contribution in [3.63, 3.8) is 0 Å². The summed E-state index contributed by atoms with van der Waals surface area (Å²) in [6.07, 6.45) is 0.316. The predicted octanol–water partition coefficient (Wildman–Crippen LogP) is 4.94. The highest BCUT2D eigenvalue weighted by Gasteiger charge is 2.22. The van der Waals surface area contributed by atoms with E-state index in [1.807, 2.05) is 12.1 Å². The highest BCUT2D eigenvalue weighted by atomic mass is 32.1. The van der Waals surface area contributed by atoms with E-state index < -0.39 is 18.5 Å². The summed E-state index contributed by atoms with van der Waals surface area (Å²) in [7, 11) is 0. The molecular weight excluding hydrogens is 507 g/mol. The van der Waals surface area contributed by atoms with E-state index in [2.05, 4.69) is 10.6 Å². The Morgan fingerprint density at radius 3 is 2.58 bits per heavy atom. The van der Waals surface area contributed by atoms with Gasteiger partial charge in [-0.1, -0.05) is 12.1 Å². The maximum absolute atomic E-state index is 14.4. The monoisotopic (exact) mass is 532 g/mol. The fourth-order valence-electron chi connectivity index (χ4n) is 4.29. The smallest absolute Gasteiger partial charge is 0.265 e. The van der Waals surface area contributed by atoms with E-state index >= 15 is 0 Å². The Morgan fingerprint density at radius 1 is 1.00 bits per heavy atom. The van der Waals surface area contributed by atoms with Crippen molar-refractivity contribution >= 4 is 40.1 Å². The second-order valence-corrected chi connectivity index (χ2v) is 9.87. The molecule has 1 amide bonds. The first-order valence-electron chi connectivity index (χ1n) is 12.0. The fourth-order valence-corrected chi connectivity index (χ4v) is 4.91. The number of hydrogen-bond acceptors (Lipinski definition) is 7. The van der Waals surface area contributed by atoms with Crippen LogP contribution in [-0.2, 0) is 12.8 Å². The molecule has 0 unspecified atom stereocenters.